The molecule has 1 aromatic heterocycles. The largest absolute Gasteiger partial charge is 0.487 e. The van der Waals surface area contributed by atoms with Gasteiger partial charge < -0.3 is 14.8 Å². The molecule has 3 rings (SSSR count). The zero-order chi connectivity index (χ0) is 22.4. The number of nitrogens with zero attached hydrogens (tertiary/aromatic N) is 1. The molecule has 160 valence electrons. The lowest BCUT2D eigenvalue weighted by atomic mass is 10.0. The fourth-order valence-corrected chi connectivity index (χ4v) is 3.10. The zero-order valence-corrected chi connectivity index (χ0v) is 17.7. The number of halogens is 2. The van der Waals surface area contributed by atoms with Gasteiger partial charge in [0.05, 0.1) is 31.1 Å². The van der Waals surface area contributed by atoms with Gasteiger partial charge in [-0.05, 0) is 36.8 Å². The first kappa shape index (κ1) is 22.2. The molecule has 0 unspecified atom stereocenters. The SMILES string of the molecule is COC(=O)c1cccc([C@H](C)NC(=O)c2cc(Cl)ccc2COc2cncc(F)c2)c1. The molecule has 1 heterocycles. The minimum atomic E-state index is -0.519. The first-order chi connectivity index (χ1) is 14.9. The highest BCUT2D eigenvalue weighted by molar-refractivity contribution is 6.31. The van der Waals surface area contributed by atoms with E-state index in [9.17, 15) is 14.0 Å². The highest BCUT2D eigenvalue weighted by atomic mass is 35.5. The average Bonchev–Trinajstić information content (AvgIpc) is 2.77. The van der Waals surface area contributed by atoms with Crippen molar-refractivity contribution < 1.29 is 23.5 Å². The van der Waals surface area contributed by atoms with E-state index in [1.165, 1.54) is 25.4 Å². The number of methoxy groups -OCH3 is 1. The molecule has 2 aromatic carbocycles. The predicted octanol–water partition coefficient (Wildman–Crippen LogP) is 4.73. The van der Waals surface area contributed by atoms with Crippen LogP contribution in [0.25, 0.3) is 0 Å². The predicted molar refractivity (Wildman–Crippen MR) is 114 cm³/mol. The van der Waals surface area contributed by atoms with E-state index in [-0.39, 0.29) is 18.3 Å². The van der Waals surface area contributed by atoms with Gasteiger partial charge >= 0.3 is 5.97 Å². The van der Waals surface area contributed by atoms with Crippen LogP contribution in [0.5, 0.6) is 5.75 Å². The van der Waals surface area contributed by atoms with E-state index in [4.69, 9.17) is 21.1 Å². The number of carbonyl (C=O) groups excluding carboxylic acids is 2. The van der Waals surface area contributed by atoms with E-state index in [2.05, 4.69) is 10.3 Å². The second-order valence-corrected chi connectivity index (χ2v) is 7.18. The van der Waals surface area contributed by atoms with Crippen LogP contribution in [0.1, 0.15) is 44.8 Å². The van der Waals surface area contributed by atoms with Gasteiger partial charge in [-0.1, -0.05) is 29.8 Å². The Hall–Kier alpha value is -3.45. The summed E-state index contributed by atoms with van der Waals surface area (Å²) in [6.07, 6.45) is 2.46. The Labute approximate surface area is 184 Å². The van der Waals surface area contributed by atoms with Crippen molar-refractivity contribution in [1.82, 2.24) is 10.3 Å². The van der Waals surface area contributed by atoms with Gasteiger partial charge in [0.25, 0.3) is 5.91 Å². The molecular weight excluding hydrogens is 423 g/mol. The summed E-state index contributed by atoms with van der Waals surface area (Å²) in [4.78, 5) is 28.4. The minimum absolute atomic E-state index is 0.0251. The molecule has 0 aliphatic rings. The molecule has 0 radical (unpaired) electrons. The third-order valence-corrected chi connectivity index (χ3v) is 4.78. The van der Waals surface area contributed by atoms with E-state index >= 15 is 0 Å². The fraction of sp³-hybridized carbons (Fsp3) is 0.174. The van der Waals surface area contributed by atoms with Gasteiger partial charge in [-0.3, -0.25) is 9.78 Å². The van der Waals surface area contributed by atoms with Crippen molar-refractivity contribution in [3.05, 3.63) is 94.0 Å². The Kier molecular flexibility index (Phi) is 7.20. The molecule has 1 amide bonds. The zero-order valence-electron chi connectivity index (χ0n) is 16.9. The Bertz CT molecular complexity index is 1110. The third kappa shape index (κ3) is 5.79. The lowest BCUT2D eigenvalue weighted by Crippen LogP contribution is -2.28. The molecule has 1 N–H and O–H groups in total. The first-order valence-electron chi connectivity index (χ1n) is 9.38. The van der Waals surface area contributed by atoms with Crippen LogP contribution in [-0.4, -0.2) is 24.0 Å². The normalized spacial score (nSPS) is 11.5. The van der Waals surface area contributed by atoms with Gasteiger partial charge in [0.2, 0.25) is 0 Å². The summed E-state index contributed by atoms with van der Waals surface area (Å²) in [6, 6.07) is 12.5. The maximum absolute atomic E-state index is 13.3. The van der Waals surface area contributed by atoms with Crippen LogP contribution >= 0.6 is 11.6 Å². The summed E-state index contributed by atoms with van der Waals surface area (Å²) in [5, 5.41) is 3.28. The number of benzene rings is 2. The van der Waals surface area contributed by atoms with E-state index in [0.29, 0.717) is 21.7 Å². The van der Waals surface area contributed by atoms with E-state index in [0.717, 1.165) is 11.8 Å². The van der Waals surface area contributed by atoms with Crippen molar-refractivity contribution in [3.63, 3.8) is 0 Å². The van der Waals surface area contributed by atoms with Gasteiger partial charge in [-0.2, -0.15) is 0 Å². The van der Waals surface area contributed by atoms with Gasteiger partial charge in [-0.25, -0.2) is 9.18 Å². The molecule has 0 saturated carbocycles. The van der Waals surface area contributed by atoms with Crippen LogP contribution in [0.15, 0.2) is 60.9 Å². The summed E-state index contributed by atoms with van der Waals surface area (Å²) >= 11 is 6.09. The summed E-state index contributed by atoms with van der Waals surface area (Å²) in [7, 11) is 1.31. The van der Waals surface area contributed by atoms with Crippen molar-refractivity contribution in [2.75, 3.05) is 7.11 Å². The van der Waals surface area contributed by atoms with Crippen LogP contribution in [0, 0.1) is 5.82 Å². The summed E-state index contributed by atoms with van der Waals surface area (Å²) in [6.45, 7) is 1.82. The summed E-state index contributed by atoms with van der Waals surface area (Å²) in [5.74, 6) is -1.10. The number of amides is 1. The van der Waals surface area contributed by atoms with Crippen molar-refractivity contribution in [2.45, 2.75) is 19.6 Å². The van der Waals surface area contributed by atoms with E-state index in [1.54, 1.807) is 43.3 Å². The quantitative estimate of drug-likeness (QED) is 0.535. The van der Waals surface area contributed by atoms with Crippen LogP contribution in [0.4, 0.5) is 4.39 Å². The lowest BCUT2D eigenvalue weighted by Gasteiger charge is -2.17. The van der Waals surface area contributed by atoms with Crippen molar-refractivity contribution >= 4 is 23.5 Å². The van der Waals surface area contributed by atoms with Gasteiger partial charge in [-0.15, -0.1) is 0 Å². The molecule has 0 fully saturated rings. The monoisotopic (exact) mass is 442 g/mol. The minimum Gasteiger partial charge on any atom is -0.487 e. The second-order valence-electron chi connectivity index (χ2n) is 6.74. The molecule has 31 heavy (non-hydrogen) atoms. The molecule has 3 aromatic rings. The number of nitrogens with one attached hydrogen (secondary N) is 1. The van der Waals surface area contributed by atoms with Gasteiger partial charge in [0.1, 0.15) is 18.2 Å². The van der Waals surface area contributed by atoms with E-state index in [1.807, 2.05) is 0 Å². The fourth-order valence-electron chi connectivity index (χ4n) is 2.93. The molecule has 6 nitrogen and oxygen atoms in total. The number of esters is 1. The molecule has 8 heteroatoms. The Balaban J connectivity index is 1.76. The standard InChI is InChI=1S/C23H20ClFN2O4/c1-14(15-4-3-5-16(8-15)23(29)30-2)27-22(28)21-9-18(24)7-6-17(21)13-31-20-10-19(25)11-26-12-20/h3-12,14H,13H2,1-2H3,(H,27,28)/t14-/m0/s1. The molecule has 0 aliphatic heterocycles. The number of carbonyl (C=O) groups is 2. The van der Waals surface area contributed by atoms with Crippen molar-refractivity contribution in [3.8, 4) is 5.75 Å². The maximum atomic E-state index is 13.3. The average molecular weight is 443 g/mol. The van der Waals surface area contributed by atoms with Crippen molar-refractivity contribution in [2.24, 2.45) is 0 Å². The maximum Gasteiger partial charge on any atom is 0.337 e. The van der Waals surface area contributed by atoms with E-state index < -0.39 is 17.8 Å². The molecular formula is C23H20ClFN2O4. The topological polar surface area (TPSA) is 77.5 Å². The van der Waals surface area contributed by atoms with Crippen LogP contribution < -0.4 is 10.1 Å². The number of aromatic nitrogens is 1. The lowest BCUT2D eigenvalue weighted by molar-refractivity contribution is 0.0600. The molecule has 0 bridgehead atoms. The first-order valence-corrected chi connectivity index (χ1v) is 9.76. The number of pyridine rings is 1. The number of ether oxygens (including phenoxy) is 2. The van der Waals surface area contributed by atoms with Gasteiger partial charge in [0, 0.05) is 22.2 Å². The highest BCUT2D eigenvalue weighted by Gasteiger charge is 2.17. The second kappa shape index (κ2) is 10.0. The molecule has 0 saturated heterocycles. The third-order valence-electron chi connectivity index (χ3n) is 4.55. The molecule has 0 aliphatic carbocycles. The van der Waals surface area contributed by atoms with Crippen LogP contribution in [-0.2, 0) is 11.3 Å². The number of hydrogen-bond acceptors (Lipinski definition) is 5. The van der Waals surface area contributed by atoms with Crippen LogP contribution in [0.2, 0.25) is 5.02 Å². The summed E-state index contributed by atoms with van der Waals surface area (Å²) < 4.78 is 23.6. The Morgan fingerprint density at radius 1 is 1.16 bits per heavy atom. The highest BCUT2D eigenvalue weighted by Crippen LogP contribution is 2.21. The van der Waals surface area contributed by atoms with Crippen molar-refractivity contribution in [1.29, 1.82) is 0 Å². The smallest absolute Gasteiger partial charge is 0.337 e. The Morgan fingerprint density at radius 3 is 2.71 bits per heavy atom. The van der Waals surface area contributed by atoms with Crippen LogP contribution in [0.3, 0.4) is 0 Å². The molecule has 1 atom stereocenters. The Morgan fingerprint density at radius 2 is 1.97 bits per heavy atom. The summed E-state index contributed by atoms with van der Waals surface area (Å²) in [5.41, 5.74) is 2.03. The number of rotatable bonds is 7. The molecule has 0 spiro atoms. The van der Waals surface area contributed by atoms with Gasteiger partial charge in [0.15, 0.2) is 0 Å². The number of hydrogen-bond donors (Lipinski definition) is 1.